The van der Waals surface area contributed by atoms with Gasteiger partial charge in [-0.3, -0.25) is 15.0 Å². The van der Waals surface area contributed by atoms with Gasteiger partial charge in [-0.1, -0.05) is 18.5 Å². The molecule has 238 valence electrons. The zero-order chi connectivity index (χ0) is 31.1. The Morgan fingerprint density at radius 3 is 2.91 bits per heavy atom. The third-order valence-electron chi connectivity index (χ3n) is 9.34. The maximum absolute atomic E-state index is 17.0. The number of carbonyl (C=O) groups is 1. The quantitative estimate of drug-likeness (QED) is 0.306. The van der Waals surface area contributed by atoms with Crippen LogP contribution >= 0.6 is 11.6 Å². The predicted molar refractivity (Wildman–Crippen MR) is 165 cm³/mol. The minimum atomic E-state index is -0.785. The van der Waals surface area contributed by atoms with E-state index in [0.717, 1.165) is 25.8 Å². The van der Waals surface area contributed by atoms with Gasteiger partial charge in [-0.15, -0.1) is 0 Å². The average Bonchev–Trinajstić information content (AvgIpc) is 3.57. The van der Waals surface area contributed by atoms with Gasteiger partial charge >= 0.3 is 12.2 Å². The SMILES string of the molecule is CC[C@@]1(COc2nc3c4cnc(c(F)c4n2)-c2c(c(Cl)cc4[nH]ncc24)CCCOC(=O)O[C@@H]2COCCN3C2)CCCN1C. The minimum absolute atomic E-state index is 0.0598. The van der Waals surface area contributed by atoms with E-state index in [0.29, 0.717) is 70.9 Å². The number of fused-ring (bicyclic) bond motifs is 7. The summed E-state index contributed by atoms with van der Waals surface area (Å²) >= 11 is 6.76. The number of hydrogen-bond donors (Lipinski definition) is 1. The fraction of sp³-hybridized carbons (Fsp3) is 0.516. The molecule has 2 fully saturated rings. The van der Waals surface area contributed by atoms with Crippen LogP contribution in [0.3, 0.4) is 0 Å². The van der Waals surface area contributed by atoms with Crippen molar-refractivity contribution in [3.05, 3.63) is 34.9 Å². The third kappa shape index (κ3) is 5.50. The molecule has 0 radical (unpaired) electrons. The molecular weight excluding hydrogens is 605 g/mol. The van der Waals surface area contributed by atoms with Gasteiger partial charge in [0.25, 0.3) is 0 Å². The molecule has 3 aromatic heterocycles. The summed E-state index contributed by atoms with van der Waals surface area (Å²) in [6.45, 7) is 4.77. The number of rotatable bonds is 4. The zero-order valence-electron chi connectivity index (χ0n) is 25.3. The molecule has 1 aromatic carbocycles. The Bertz CT molecular complexity index is 1750. The number of H-pyrrole nitrogens is 1. The zero-order valence-corrected chi connectivity index (χ0v) is 26.0. The highest BCUT2D eigenvalue weighted by atomic mass is 35.5. The van der Waals surface area contributed by atoms with Crippen molar-refractivity contribution in [3.63, 3.8) is 0 Å². The number of carbonyl (C=O) groups excluding carboxylic acids is 1. The van der Waals surface area contributed by atoms with E-state index in [1.165, 1.54) is 0 Å². The Hall–Kier alpha value is -3.81. The van der Waals surface area contributed by atoms with Crippen molar-refractivity contribution in [2.75, 3.05) is 58.0 Å². The number of hydrogen-bond acceptors (Lipinski definition) is 11. The Balaban J connectivity index is 1.42. The molecule has 2 atom stereocenters. The van der Waals surface area contributed by atoms with E-state index in [4.69, 9.17) is 35.5 Å². The third-order valence-corrected chi connectivity index (χ3v) is 9.68. The number of nitrogens with one attached hydrogen (secondary N) is 1. The van der Waals surface area contributed by atoms with E-state index in [1.807, 2.05) is 4.90 Å². The summed E-state index contributed by atoms with van der Waals surface area (Å²) in [7, 11) is 2.10. The van der Waals surface area contributed by atoms with Gasteiger partial charge in [0.05, 0.1) is 49.0 Å². The van der Waals surface area contributed by atoms with Crippen LogP contribution in [0.4, 0.5) is 15.0 Å². The van der Waals surface area contributed by atoms with Gasteiger partial charge in [-0.25, -0.2) is 9.18 Å². The van der Waals surface area contributed by atoms with Crippen molar-refractivity contribution in [2.24, 2.45) is 0 Å². The molecular formula is C31H35ClFN7O5. The first-order chi connectivity index (χ1) is 21.9. The van der Waals surface area contributed by atoms with Crippen LogP contribution in [0.25, 0.3) is 33.1 Å². The number of likely N-dealkylation sites (N-methyl/N-ethyl adjacent to an activating group) is 1. The minimum Gasteiger partial charge on any atom is -0.461 e. The summed E-state index contributed by atoms with van der Waals surface area (Å²) in [5.41, 5.74) is 1.80. The summed E-state index contributed by atoms with van der Waals surface area (Å²) < 4.78 is 40.1. The van der Waals surface area contributed by atoms with Crippen LogP contribution < -0.4 is 9.64 Å². The normalized spacial score (nSPS) is 22.9. The van der Waals surface area contributed by atoms with E-state index in [9.17, 15) is 4.79 Å². The summed E-state index contributed by atoms with van der Waals surface area (Å²) in [4.78, 5) is 31.0. The van der Waals surface area contributed by atoms with E-state index < -0.39 is 18.1 Å². The molecule has 4 aliphatic heterocycles. The predicted octanol–water partition coefficient (Wildman–Crippen LogP) is 4.92. The number of aromatic nitrogens is 5. The number of pyridine rings is 1. The van der Waals surface area contributed by atoms with Gasteiger partial charge in [0.1, 0.15) is 29.7 Å². The molecule has 4 aliphatic rings. The van der Waals surface area contributed by atoms with Crippen LogP contribution in [0.15, 0.2) is 18.5 Å². The number of anilines is 1. The van der Waals surface area contributed by atoms with Crippen molar-refractivity contribution in [1.29, 1.82) is 0 Å². The molecule has 0 spiro atoms. The van der Waals surface area contributed by atoms with Crippen molar-refractivity contribution >= 4 is 45.4 Å². The summed E-state index contributed by atoms with van der Waals surface area (Å²) in [5.74, 6) is -0.204. The topological polar surface area (TPSA) is 128 Å². The van der Waals surface area contributed by atoms with Crippen molar-refractivity contribution in [2.45, 2.75) is 50.7 Å². The second kappa shape index (κ2) is 12.2. The Labute approximate surface area is 264 Å². The second-order valence-corrected chi connectivity index (χ2v) is 12.3. The molecule has 4 aromatic rings. The highest BCUT2D eigenvalue weighted by Crippen LogP contribution is 2.40. The molecule has 14 heteroatoms. The molecule has 0 saturated carbocycles. The van der Waals surface area contributed by atoms with Gasteiger partial charge in [0.15, 0.2) is 5.82 Å². The van der Waals surface area contributed by atoms with Gasteiger partial charge in [0.2, 0.25) is 0 Å². The fourth-order valence-corrected chi connectivity index (χ4v) is 7.04. The highest BCUT2D eigenvalue weighted by Gasteiger charge is 2.38. The molecule has 8 rings (SSSR count). The van der Waals surface area contributed by atoms with Crippen LogP contribution in [0, 0.1) is 5.82 Å². The molecule has 0 amide bonds. The van der Waals surface area contributed by atoms with Gasteiger partial charge in [-0.05, 0) is 57.3 Å². The van der Waals surface area contributed by atoms with E-state index in [1.54, 1.807) is 18.5 Å². The number of ether oxygens (including phenoxy) is 4. The van der Waals surface area contributed by atoms with E-state index in [-0.39, 0.29) is 42.5 Å². The van der Waals surface area contributed by atoms with E-state index >= 15 is 4.39 Å². The Kier molecular flexibility index (Phi) is 8.09. The first kappa shape index (κ1) is 29.9. The Morgan fingerprint density at radius 2 is 2.09 bits per heavy atom. The van der Waals surface area contributed by atoms with Gasteiger partial charge in [0, 0.05) is 28.7 Å². The summed E-state index contributed by atoms with van der Waals surface area (Å²) in [5, 5.41) is 8.58. The van der Waals surface area contributed by atoms with Crippen LogP contribution in [0.2, 0.25) is 5.02 Å². The molecule has 7 heterocycles. The molecule has 2 saturated heterocycles. The lowest BCUT2D eigenvalue weighted by atomic mass is 9.94. The standard InChI is InChI=1S/C31H35ClFN7O5/c1-3-31(7-5-8-39(31)2)17-44-29-36-26-21-13-34-27(25(26)33)24-19(22(32)12-23-20(24)14-35-38-23)6-4-10-43-30(41)45-18-15-40(28(21)37-29)9-11-42-16-18/h12-14,18H,3-11,15-17H2,1-2H3,(H,35,38)/t18-,31-/m0/s1. The summed E-state index contributed by atoms with van der Waals surface area (Å²) in [6.07, 6.45) is 5.55. The van der Waals surface area contributed by atoms with Crippen molar-refractivity contribution in [1.82, 2.24) is 30.0 Å². The lowest BCUT2D eigenvalue weighted by Gasteiger charge is -2.34. The largest absolute Gasteiger partial charge is 0.508 e. The second-order valence-electron chi connectivity index (χ2n) is 11.9. The van der Waals surface area contributed by atoms with Crippen molar-refractivity contribution < 1.29 is 28.1 Å². The monoisotopic (exact) mass is 639 g/mol. The van der Waals surface area contributed by atoms with Gasteiger partial charge in [-0.2, -0.15) is 15.1 Å². The lowest BCUT2D eigenvalue weighted by molar-refractivity contribution is -0.00448. The lowest BCUT2D eigenvalue weighted by Crippen LogP contribution is -2.46. The maximum Gasteiger partial charge on any atom is 0.508 e. The van der Waals surface area contributed by atoms with E-state index in [2.05, 4.69) is 39.0 Å². The van der Waals surface area contributed by atoms with Gasteiger partial charge < -0.3 is 23.8 Å². The number of halogens is 2. The molecule has 0 unspecified atom stereocenters. The molecule has 1 N–H and O–H groups in total. The van der Waals surface area contributed by atoms with Crippen LogP contribution in [0.5, 0.6) is 6.01 Å². The first-order valence-corrected chi connectivity index (χ1v) is 15.8. The average molecular weight is 640 g/mol. The Morgan fingerprint density at radius 1 is 1.20 bits per heavy atom. The molecule has 12 nitrogen and oxygen atoms in total. The first-order valence-electron chi connectivity index (χ1n) is 15.4. The number of nitrogens with zero attached hydrogens (tertiary/aromatic N) is 6. The highest BCUT2D eigenvalue weighted by molar-refractivity contribution is 6.33. The smallest absolute Gasteiger partial charge is 0.461 e. The maximum atomic E-state index is 17.0. The van der Waals surface area contributed by atoms with Crippen molar-refractivity contribution in [3.8, 4) is 17.3 Å². The number of likely N-dealkylation sites (tertiary alicyclic amines) is 1. The molecule has 0 aliphatic carbocycles. The fourth-order valence-electron chi connectivity index (χ4n) is 6.74. The number of aromatic amines is 1. The molecule has 45 heavy (non-hydrogen) atoms. The summed E-state index contributed by atoms with van der Waals surface area (Å²) in [6, 6.07) is 1.81. The van der Waals surface area contributed by atoms with Crippen LogP contribution in [0.1, 0.15) is 38.2 Å². The van der Waals surface area contributed by atoms with Crippen LogP contribution in [-0.2, 0) is 20.6 Å². The number of benzene rings is 1. The van der Waals surface area contributed by atoms with Crippen LogP contribution in [-0.4, -0.2) is 101 Å². The molecule has 6 bridgehead atoms.